The third kappa shape index (κ3) is 7.95. The highest BCUT2D eigenvalue weighted by atomic mass is 32.2. The van der Waals surface area contributed by atoms with Gasteiger partial charge in [-0.05, 0) is 30.7 Å². The van der Waals surface area contributed by atoms with Crippen molar-refractivity contribution in [3.63, 3.8) is 0 Å². The van der Waals surface area contributed by atoms with E-state index in [1.165, 1.54) is 11.4 Å². The van der Waals surface area contributed by atoms with Gasteiger partial charge in [-0.25, -0.2) is 8.42 Å². The predicted molar refractivity (Wildman–Crippen MR) is 121 cm³/mol. The van der Waals surface area contributed by atoms with Gasteiger partial charge in [0.25, 0.3) is 0 Å². The van der Waals surface area contributed by atoms with Crippen molar-refractivity contribution >= 4 is 27.4 Å². The van der Waals surface area contributed by atoms with Crippen LogP contribution in [0.3, 0.4) is 0 Å². The number of benzene rings is 1. The lowest BCUT2D eigenvalue weighted by atomic mass is 10.2. The fourth-order valence-electron chi connectivity index (χ4n) is 2.81. The van der Waals surface area contributed by atoms with E-state index in [0.29, 0.717) is 43.1 Å². The average molecular weight is 466 g/mol. The number of ether oxygens (including phenoxy) is 1. The first-order valence-corrected chi connectivity index (χ1v) is 12.2. The second-order valence-electron chi connectivity index (χ2n) is 7.28. The van der Waals surface area contributed by atoms with Crippen LogP contribution in [-0.4, -0.2) is 54.4 Å². The monoisotopic (exact) mass is 465 g/mol. The third-order valence-corrected chi connectivity index (χ3v) is 6.71. The zero-order valence-corrected chi connectivity index (χ0v) is 19.6. The van der Waals surface area contributed by atoms with Crippen molar-refractivity contribution in [1.82, 2.24) is 20.3 Å². The second-order valence-corrected chi connectivity index (χ2v) is 9.40. The first-order valence-electron chi connectivity index (χ1n) is 10.6. The number of anilines is 1. The Kier molecular flexibility index (Phi) is 9.63. The molecule has 0 fully saturated rings. The van der Waals surface area contributed by atoms with Crippen molar-refractivity contribution in [3.8, 4) is 5.75 Å². The largest absolute Gasteiger partial charge is 0.487 e. The van der Waals surface area contributed by atoms with Crippen LogP contribution < -0.4 is 14.4 Å². The molecule has 1 amide bonds. The van der Waals surface area contributed by atoms with Crippen LogP contribution in [0.15, 0.2) is 30.5 Å². The van der Waals surface area contributed by atoms with Crippen LogP contribution >= 0.6 is 0 Å². The molecule has 0 radical (unpaired) electrons. The van der Waals surface area contributed by atoms with E-state index in [1.54, 1.807) is 42.1 Å². The number of amides is 1. The van der Waals surface area contributed by atoms with Crippen molar-refractivity contribution < 1.29 is 22.7 Å². The maximum Gasteiger partial charge on any atom is 0.234 e. The number of carbonyl (C=O) groups excluding carboxylic acids is 2. The number of sulfonamides is 1. The van der Waals surface area contributed by atoms with E-state index in [0.717, 1.165) is 0 Å². The number of aromatic nitrogens is 3. The summed E-state index contributed by atoms with van der Waals surface area (Å²) in [6.45, 7) is 4.65. The van der Waals surface area contributed by atoms with E-state index >= 15 is 0 Å². The Morgan fingerprint density at radius 2 is 1.88 bits per heavy atom. The third-order valence-electron chi connectivity index (χ3n) is 4.74. The van der Waals surface area contributed by atoms with Gasteiger partial charge in [0.2, 0.25) is 15.9 Å². The SMILES string of the molecule is CCCS(=O)(=O)N(C)c1ccc(OCc2cn(CCNC(=O)CCC(=O)CC)nn2)cc1. The highest BCUT2D eigenvalue weighted by Crippen LogP contribution is 2.21. The number of hydrogen-bond donors (Lipinski definition) is 1. The van der Waals surface area contributed by atoms with E-state index in [2.05, 4.69) is 15.6 Å². The number of carbonyl (C=O) groups is 2. The zero-order chi connectivity index (χ0) is 23.6. The van der Waals surface area contributed by atoms with Gasteiger partial charge >= 0.3 is 0 Å². The van der Waals surface area contributed by atoms with E-state index in [9.17, 15) is 18.0 Å². The molecular weight excluding hydrogens is 434 g/mol. The first kappa shape index (κ1) is 25.3. The summed E-state index contributed by atoms with van der Waals surface area (Å²) in [7, 11) is -1.79. The number of hydrogen-bond acceptors (Lipinski definition) is 7. The Labute approximate surface area is 189 Å². The maximum atomic E-state index is 12.2. The minimum atomic E-state index is -3.32. The summed E-state index contributed by atoms with van der Waals surface area (Å²) in [4.78, 5) is 23.0. The number of nitrogens with one attached hydrogen (secondary N) is 1. The predicted octanol–water partition coefficient (Wildman–Crippen LogP) is 1.91. The molecule has 0 saturated heterocycles. The molecule has 0 bridgehead atoms. The van der Waals surface area contributed by atoms with Crippen LogP contribution in [0.4, 0.5) is 5.69 Å². The number of Topliss-reactive ketones (excluding diaryl/α,β-unsaturated/α-hetero) is 1. The van der Waals surface area contributed by atoms with Crippen molar-refractivity contribution in [3.05, 3.63) is 36.2 Å². The van der Waals surface area contributed by atoms with Crippen molar-refractivity contribution in [2.75, 3.05) is 23.7 Å². The molecule has 1 aromatic carbocycles. The zero-order valence-electron chi connectivity index (χ0n) is 18.8. The van der Waals surface area contributed by atoms with Gasteiger partial charge in [0.15, 0.2) is 0 Å². The Hall–Kier alpha value is -2.95. The van der Waals surface area contributed by atoms with Crippen LogP contribution in [0, 0.1) is 0 Å². The molecule has 0 aliphatic heterocycles. The van der Waals surface area contributed by atoms with Gasteiger partial charge in [-0.1, -0.05) is 19.1 Å². The number of rotatable bonds is 14. The molecule has 32 heavy (non-hydrogen) atoms. The van der Waals surface area contributed by atoms with Gasteiger partial charge in [0, 0.05) is 32.9 Å². The first-order chi connectivity index (χ1) is 15.2. The fourth-order valence-corrected chi connectivity index (χ4v) is 4.04. The van der Waals surface area contributed by atoms with Gasteiger partial charge in [0.1, 0.15) is 23.8 Å². The lowest BCUT2D eigenvalue weighted by Crippen LogP contribution is -2.28. The van der Waals surface area contributed by atoms with Crippen LogP contribution in [-0.2, 0) is 32.8 Å². The van der Waals surface area contributed by atoms with Gasteiger partial charge in [-0.15, -0.1) is 5.10 Å². The van der Waals surface area contributed by atoms with Crippen molar-refractivity contribution in [1.29, 1.82) is 0 Å². The molecule has 0 atom stereocenters. The van der Waals surface area contributed by atoms with Crippen molar-refractivity contribution in [2.24, 2.45) is 0 Å². The molecule has 1 N–H and O–H groups in total. The van der Waals surface area contributed by atoms with Crippen LogP contribution in [0.5, 0.6) is 5.75 Å². The quantitative estimate of drug-likeness (QED) is 0.452. The van der Waals surface area contributed by atoms with Gasteiger partial charge < -0.3 is 10.1 Å². The minimum Gasteiger partial charge on any atom is -0.487 e. The summed E-state index contributed by atoms with van der Waals surface area (Å²) in [5.74, 6) is 0.592. The summed E-state index contributed by atoms with van der Waals surface area (Å²) in [5, 5.41) is 10.8. The van der Waals surface area contributed by atoms with Gasteiger partial charge in [-0.2, -0.15) is 0 Å². The van der Waals surface area contributed by atoms with E-state index in [-0.39, 0.29) is 36.9 Å². The Morgan fingerprint density at radius 3 is 2.53 bits per heavy atom. The molecule has 0 aliphatic rings. The van der Waals surface area contributed by atoms with Crippen LogP contribution in [0.1, 0.15) is 45.2 Å². The lowest BCUT2D eigenvalue weighted by Gasteiger charge is -2.19. The highest BCUT2D eigenvalue weighted by molar-refractivity contribution is 7.92. The lowest BCUT2D eigenvalue weighted by molar-refractivity contribution is -0.125. The number of ketones is 1. The molecule has 2 aromatic rings. The smallest absolute Gasteiger partial charge is 0.234 e. The molecule has 0 aliphatic carbocycles. The molecule has 2 rings (SSSR count). The van der Waals surface area contributed by atoms with E-state index < -0.39 is 10.0 Å². The van der Waals surface area contributed by atoms with Crippen LogP contribution in [0.2, 0.25) is 0 Å². The summed E-state index contributed by atoms with van der Waals surface area (Å²) in [5.41, 5.74) is 1.19. The molecular formula is C21H31N5O5S. The Morgan fingerprint density at radius 1 is 1.16 bits per heavy atom. The molecule has 10 nitrogen and oxygen atoms in total. The number of nitrogens with zero attached hydrogens (tertiary/aromatic N) is 4. The maximum absolute atomic E-state index is 12.2. The van der Waals surface area contributed by atoms with Crippen LogP contribution in [0.25, 0.3) is 0 Å². The standard InChI is InChI=1S/C21H31N5O5S/c1-4-14-32(29,30)25(3)18-6-9-20(10-7-18)31-16-17-15-26(24-23-17)13-12-22-21(28)11-8-19(27)5-2/h6-7,9-10,15H,4-5,8,11-14,16H2,1-3H3,(H,22,28). The molecule has 11 heteroatoms. The van der Waals surface area contributed by atoms with E-state index in [4.69, 9.17) is 4.74 Å². The molecule has 0 unspecified atom stereocenters. The highest BCUT2D eigenvalue weighted by Gasteiger charge is 2.17. The summed E-state index contributed by atoms with van der Waals surface area (Å²) >= 11 is 0. The average Bonchev–Trinajstić information content (AvgIpc) is 3.23. The topological polar surface area (TPSA) is 123 Å². The second kappa shape index (κ2) is 12.2. The molecule has 176 valence electrons. The minimum absolute atomic E-state index is 0.0734. The van der Waals surface area contributed by atoms with E-state index in [1.807, 2.05) is 6.92 Å². The molecule has 1 aromatic heterocycles. The molecule has 0 spiro atoms. The molecule has 0 saturated carbocycles. The van der Waals surface area contributed by atoms with Crippen molar-refractivity contribution in [2.45, 2.75) is 52.7 Å². The normalized spacial score (nSPS) is 11.2. The summed E-state index contributed by atoms with van der Waals surface area (Å²) in [6.07, 6.45) is 3.19. The summed E-state index contributed by atoms with van der Waals surface area (Å²) < 4.78 is 32.9. The molecule has 1 heterocycles. The van der Waals surface area contributed by atoms with Gasteiger partial charge in [0.05, 0.1) is 24.2 Å². The Bertz CT molecular complexity index is 988. The Balaban J connectivity index is 1.77. The summed E-state index contributed by atoms with van der Waals surface area (Å²) in [6, 6.07) is 6.79. The van der Waals surface area contributed by atoms with Gasteiger partial charge in [-0.3, -0.25) is 18.6 Å². The fraction of sp³-hybridized carbons (Fsp3) is 0.524.